The highest BCUT2D eigenvalue weighted by Gasteiger charge is 2.38. The van der Waals surface area contributed by atoms with E-state index in [9.17, 15) is 9.59 Å². The van der Waals surface area contributed by atoms with Gasteiger partial charge >= 0.3 is 5.97 Å². The van der Waals surface area contributed by atoms with E-state index in [4.69, 9.17) is 14.7 Å². The Morgan fingerprint density at radius 1 is 1.18 bits per heavy atom. The van der Waals surface area contributed by atoms with Crippen LogP contribution in [0.4, 0.5) is 11.6 Å². The summed E-state index contributed by atoms with van der Waals surface area (Å²) < 4.78 is 4.92. The number of amides is 1. The molecule has 9 heteroatoms. The molecule has 1 saturated heterocycles. The van der Waals surface area contributed by atoms with Crippen LogP contribution in [0.3, 0.4) is 0 Å². The molecule has 39 heavy (non-hydrogen) atoms. The first-order valence-corrected chi connectivity index (χ1v) is 14.2. The minimum atomic E-state index is -0.463. The summed E-state index contributed by atoms with van der Waals surface area (Å²) in [6, 6.07) is 1.92. The van der Waals surface area contributed by atoms with Crippen molar-refractivity contribution in [1.29, 1.82) is 0 Å². The second-order valence-corrected chi connectivity index (χ2v) is 12.2. The van der Waals surface area contributed by atoms with Gasteiger partial charge in [0, 0.05) is 26.2 Å². The Morgan fingerprint density at radius 3 is 2.51 bits per heavy atom. The molecule has 2 aromatic heterocycles. The number of esters is 1. The molecule has 2 aliphatic rings. The quantitative estimate of drug-likeness (QED) is 0.494. The first-order valence-electron chi connectivity index (χ1n) is 14.2. The molecule has 1 amide bonds. The van der Waals surface area contributed by atoms with E-state index >= 15 is 0 Å². The third-order valence-electron chi connectivity index (χ3n) is 8.17. The summed E-state index contributed by atoms with van der Waals surface area (Å²) in [5.74, 6) is 2.70. The summed E-state index contributed by atoms with van der Waals surface area (Å²) in [6.45, 7) is 17.0. The number of carbonyl (C=O) groups excluding carboxylic acids is 2. The van der Waals surface area contributed by atoms with E-state index in [1.807, 2.05) is 24.8 Å². The third-order valence-corrected chi connectivity index (χ3v) is 8.17. The van der Waals surface area contributed by atoms with Crippen molar-refractivity contribution in [1.82, 2.24) is 19.9 Å². The minimum Gasteiger partial charge on any atom is -0.465 e. The number of carbonyl (C=O) groups is 2. The fraction of sp³-hybridized carbons (Fsp3) is 0.633. The highest BCUT2D eigenvalue weighted by atomic mass is 16.5. The molecule has 0 spiro atoms. The predicted molar refractivity (Wildman–Crippen MR) is 153 cm³/mol. The van der Waals surface area contributed by atoms with E-state index in [0.29, 0.717) is 42.5 Å². The Balaban J connectivity index is 1.49. The minimum absolute atomic E-state index is 0.105. The van der Waals surface area contributed by atoms with E-state index in [1.165, 1.54) is 26.4 Å². The fourth-order valence-electron chi connectivity index (χ4n) is 6.05. The van der Waals surface area contributed by atoms with Crippen LogP contribution in [0.25, 0.3) is 0 Å². The summed E-state index contributed by atoms with van der Waals surface area (Å²) in [5.41, 5.74) is 2.73. The monoisotopic (exact) mass is 536 g/mol. The molecule has 1 aliphatic carbocycles. The highest BCUT2D eigenvalue weighted by molar-refractivity contribution is 5.93. The van der Waals surface area contributed by atoms with Crippen molar-refractivity contribution < 1.29 is 14.3 Å². The molecule has 2 aromatic rings. The zero-order valence-corrected chi connectivity index (χ0v) is 24.8. The zero-order valence-electron chi connectivity index (χ0n) is 24.8. The van der Waals surface area contributed by atoms with Crippen LogP contribution in [0.1, 0.15) is 97.6 Å². The van der Waals surface area contributed by atoms with Crippen LogP contribution >= 0.6 is 0 Å². The SMILES string of the molecule is COC(=O)c1c(C)cc(N2CCN(C(=O)c3cnc(NCC4CCC(C)C4)c(C(C)C)n3)C(C)(C)C2)nc1C. The lowest BCUT2D eigenvalue weighted by atomic mass is 9.97. The van der Waals surface area contributed by atoms with E-state index in [0.717, 1.165) is 35.4 Å². The molecule has 0 aromatic carbocycles. The molecule has 2 atom stereocenters. The number of aryl methyl sites for hydroxylation is 2. The molecule has 212 valence electrons. The fourth-order valence-corrected chi connectivity index (χ4v) is 6.05. The average Bonchev–Trinajstić information content (AvgIpc) is 3.30. The Kier molecular flexibility index (Phi) is 8.47. The Morgan fingerprint density at radius 2 is 1.92 bits per heavy atom. The number of rotatable bonds is 7. The van der Waals surface area contributed by atoms with Crippen molar-refractivity contribution in [2.24, 2.45) is 11.8 Å². The van der Waals surface area contributed by atoms with Crippen LogP contribution < -0.4 is 10.2 Å². The number of anilines is 2. The summed E-state index contributed by atoms with van der Waals surface area (Å²) >= 11 is 0. The maximum atomic E-state index is 13.7. The summed E-state index contributed by atoms with van der Waals surface area (Å²) in [5, 5.41) is 3.53. The molecular formula is C30H44N6O3. The molecule has 1 aliphatic heterocycles. The molecule has 2 unspecified atom stereocenters. The van der Waals surface area contributed by atoms with Gasteiger partial charge in [-0.1, -0.05) is 27.2 Å². The maximum Gasteiger partial charge on any atom is 0.339 e. The number of ether oxygens (including phenoxy) is 1. The molecule has 2 fully saturated rings. The Hall–Kier alpha value is -3.23. The summed E-state index contributed by atoms with van der Waals surface area (Å²) in [4.78, 5) is 44.2. The van der Waals surface area contributed by atoms with Crippen molar-refractivity contribution in [3.8, 4) is 0 Å². The van der Waals surface area contributed by atoms with Crippen LogP contribution in [0.2, 0.25) is 0 Å². The maximum absolute atomic E-state index is 13.7. The normalized spacial score (nSPS) is 20.8. The van der Waals surface area contributed by atoms with Gasteiger partial charge in [-0.3, -0.25) is 4.79 Å². The molecular weight excluding hydrogens is 492 g/mol. The largest absolute Gasteiger partial charge is 0.465 e. The van der Waals surface area contributed by atoms with Crippen LogP contribution in [0.5, 0.6) is 0 Å². The van der Waals surface area contributed by atoms with Crippen molar-refractivity contribution >= 4 is 23.5 Å². The first kappa shape index (κ1) is 28.8. The molecule has 0 radical (unpaired) electrons. The smallest absolute Gasteiger partial charge is 0.339 e. The number of piperazine rings is 1. The number of nitrogens with one attached hydrogen (secondary N) is 1. The highest BCUT2D eigenvalue weighted by Crippen LogP contribution is 2.32. The van der Waals surface area contributed by atoms with Crippen LogP contribution in [0.15, 0.2) is 12.3 Å². The predicted octanol–water partition coefficient (Wildman–Crippen LogP) is 4.99. The van der Waals surface area contributed by atoms with Crippen molar-refractivity contribution in [3.63, 3.8) is 0 Å². The Bertz CT molecular complexity index is 1200. The number of nitrogens with zero attached hydrogens (tertiary/aromatic N) is 5. The Labute approximate surface area is 232 Å². The number of pyridine rings is 1. The van der Waals surface area contributed by atoms with Crippen molar-refractivity contribution in [2.75, 3.05) is 43.5 Å². The van der Waals surface area contributed by atoms with Crippen molar-refractivity contribution in [3.05, 3.63) is 40.5 Å². The topological polar surface area (TPSA) is 101 Å². The van der Waals surface area contributed by atoms with Gasteiger partial charge in [0.05, 0.1) is 35.8 Å². The second kappa shape index (κ2) is 11.5. The number of methoxy groups -OCH3 is 1. The van der Waals surface area contributed by atoms with Gasteiger partial charge in [0.1, 0.15) is 17.3 Å². The average molecular weight is 537 g/mol. The van der Waals surface area contributed by atoms with Gasteiger partial charge in [-0.2, -0.15) is 0 Å². The van der Waals surface area contributed by atoms with Crippen molar-refractivity contribution in [2.45, 2.75) is 79.2 Å². The van der Waals surface area contributed by atoms with Crippen LogP contribution in [-0.2, 0) is 4.74 Å². The second-order valence-electron chi connectivity index (χ2n) is 12.2. The lowest BCUT2D eigenvalue weighted by Gasteiger charge is -2.47. The summed E-state index contributed by atoms with van der Waals surface area (Å²) in [6.07, 6.45) is 5.41. The van der Waals surface area contributed by atoms with Crippen LogP contribution in [-0.4, -0.2) is 70.6 Å². The lowest BCUT2D eigenvalue weighted by Crippen LogP contribution is -2.61. The van der Waals surface area contributed by atoms with Crippen LogP contribution in [0, 0.1) is 25.7 Å². The van der Waals surface area contributed by atoms with E-state index in [-0.39, 0.29) is 17.8 Å². The van der Waals surface area contributed by atoms with Gasteiger partial charge in [0.2, 0.25) is 0 Å². The molecule has 1 saturated carbocycles. The lowest BCUT2D eigenvalue weighted by molar-refractivity contribution is 0.0505. The van der Waals surface area contributed by atoms with Gasteiger partial charge in [0.25, 0.3) is 5.91 Å². The van der Waals surface area contributed by atoms with Gasteiger partial charge in [0.15, 0.2) is 0 Å². The molecule has 0 bridgehead atoms. The molecule has 1 N–H and O–H groups in total. The van der Waals surface area contributed by atoms with E-state index in [2.05, 4.69) is 49.8 Å². The van der Waals surface area contributed by atoms with Gasteiger partial charge in [-0.05, 0) is 69.9 Å². The molecule has 9 nitrogen and oxygen atoms in total. The van der Waals surface area contributed by atoms with E-state index in [1.54, 1.807) is 6.20 Å². The first-order chi connectivity index (χ1) is 18.4. The molecule has 4 rings (SSSR count). The molecule has 3 heterocycles. The van der Waals surface area contributed by atoms with Gasteiger partial charge < -0.3 is 19.9 Å². The number of aromatic nitrogens is 3. The number of hydrogen-bond acceptors (Lipinski definition) is 8. The zero-order chi connectivity index (χ0) is 28.5. The number of hydrogen-bond donors (Lipinski definition) is 1. The standard InChI is InChI=1S/C30H44N6O3/c1-18(2)26-27(31-15-22-10-9-19(3)13-22)32-16-23(34-26)28(37)36-12-11-35(17-30(36,6)7)24-14-20(4)25(21(5)33-24)29(38)39-8/h14,16,18-19,22H,9-13,15,17H2,1-8H3,(H,31,32). The van der Waals surface area contributed by atoms with Gasteiger partial charge in [-0.25, -0.2) is 19.7 Å². The third kappa shape index (κ3) is 6.17. The van der Waals surface area contributed by atoms with E-state index < -0.39 is 5.54 Å². The van der Waals surface area contributed by atoms with Gasteiger partial charge in [-0.15, -0.1) is 0 Å². The summed E-state index contributed by atoms with van der Waals surface area (Å²) in [7, 11) is 1.38.